The van der Waals surface area contributed by atoms with E-state index in [4.69, 9.17) is 30.9 Å². The molecular formula is C25H21ClN2O7S. The molecule has 2 aromatic carbocycles. The molecule has 0 spiro atoms. The number of fused-ring (bicyclic) bond motifs is 1. The average Bonchev–Trinajstić information content (AvgIpc) is 3.28. The minimum atomic E-state index is -1.69. The molecule has 9 nitrogen and oxygen atoms in total. The van der Waals surface area contributed by atoms with Crippen LogP contribution in [0.2, 0.25) is 5.02 Å². The largest absolute Gasteiger partial charge is 0.493 e. The molecule has 0 aliphatic heterocycles. The van der Waals surface area contributed by atoms with Gasteiger partial charge in [0.15, 0.2) is 11.5 Å². The Hall–Kier alpha value is -3.89. The van der Waals surface area contributed by atoms with Gasteiger partial charge in [-0.15, -0.1) is 11.3 Å². The fraction of sp³-hybridized carbons (Fsp3) is 0.200. The Morgan fingerprint density at radius 1 is 1.11 bits per heavy atom. The summed E-state index contributed by atoms with van der Waals surface area (Å²) in [6.45, 7) is 2.92. The maximum Gasteiger partial charge on any atom is 0.417 e. The van der Waals surface area contributed by atoms with E-state index in [-0.39, 0.29) is 12.2 Å². The highest BCUT2D eigenvalue weighted by molar-refractivity contribution is 7.21. The molecule has 4 rings (SSSR count). The van der Waals surface area contributed by atoms with Gasteiger partial charge in [0.05, 0.1) is 18.2 Å². The van der Waals surface area contributed by atoms with Crippen molar-refractivity contribution < 1.29 is 28.9 Å². The van der Waals surface area contributed by atoms with Crippen LogP contribution in [-0.2, 0) is 14.3 Å². The van der Waals surface area contributed by atoms with E-state index in [0.717, 1.165) is 10.4 Å². The van der Waals surface area contributed by atoms with Gasteiger partial charge in [-0.3, -0.25) is 9.36 Å². The molecule has 0 atom stereocenters. The van der Waals surface area contributed by atoms with Gasteiger partial charge >= 0.3 is 11.9 Å². The van der Waals surface area contributed by atoms with Crippen molar-refractivity contribution in [2.45, 2.75) is 19.4 Å². The van der Waals surface area contributed by atoms with Gasteiger partial charge in [-0.1, -0.05) is 23.7 Å². The maximum atomic E-state index is 13.3. The van der Waals surface area contributed by atoms with Crippen LogP contribution >= 0.6 is 22.9 Å². The summed E-state index contributed by atoms with van der Waals surface area (Å²) in [5.74, 6) is -2.41. The van der Waals surface area contributed by atoms with Gasteiger partial charge in [-0.25, -0.2) is 14.6 Å². The fourth-order valence-corrected chi connectivity index (χ4v) is 4.49. The number of rotatable bonds is 7. The second kappa shape index (κ2) is 10.00. The lowest BCUT2D eigenvalue weighted by atomic mass is 10.1. The van der Waals surface area contributed by atoms with Crippen molar-refractivity contribution in [3.8, 4) is 27.6 Å². The normalized spacial score (nSPS) is 11.3. The number of nitrogens with zero attached hydrogens (tertiary/aromatic N) is 2. The number of carbonyl (C=O) groups is 2. The summed E-state index contributed by atoms with van der Waals surface area (Å²) in [6.07, 6.45) is 1.45. The number of ether oxygens (including phenoxy) is 3. The number of carboxylic acid groups (broad SMARTS) is 1. The summed E-state index contributed by atoms with van der Waals surface area (Å²) < 4.78 is 17.5. The van der Waals surface area contributed by atoms with Crippen molar-refractivity contribution in [3.63, 3.8) is 0 Å². The van der Waals surface area contributed by atoms with Crippen LogP contribution in [-0.4, -0.2) is 45.9 Å². The first-order valence-corrected chi connectivity index (χ1v) is 11.8. The summed E-state index contributed by atoms with van der Waals surface area (Å²) in [6, 6.07) is 14.1. The van der Waals surface area contributed by atoms with Gasteiger partial charge in [0.1, 0.15) is 23.4 Å². The second-order valence-electron chi connectivity index (χ2n) is 8.33. The lowest BCUT2D eigenvalue weighted by molar-refractivity contribution is -0.174. The summed E-state index contributed by atoms with van der Waals surface area (Å²) in [5.41, 5.74) is 0.00277. The third kappa shape index (κ3) is 5.34. The van der Waals surface area contributed by atoms with E-state index in [9.17, 15) is 14.4 Å². The second-order valence-corrected chi connectivity index (χ2v) is 9.80. The van der Waals surface area contributed by atoms with E-state index in [1.54, 1.807) is 30.3 Å². The molecule has 36 heavy (non-hydrogen) atoms. The monoisotopic (exact) mass is 528 g/mol. The molecule has 2 heterocycles. The molecule has 0 aliphatic carbocycles. The lowest BCUT2D eigenvalue weighted by Gasteiger charge is -2.24. The van der Waals surface area contributed by atoms with Crippen molar-refractivity contribution in [2.75, 3.05) is 13.7 Å². The molecule has 0 fully saturated rings. The highest BCUT2D eigenvalue weighted by atomic mass is 35.5. The van der Waals surface area contributed by atoms with Gasteiger partial charge in [0, 0.05) is 16.0 Å². The molecule has 0 saturated carbocycles. The molecule has 0 amide bonds. The molecule has 11 heteroatoms. The van der Waals surface area contributed by atoms with Crippen LogP contribution in [0.4, 0.5) is 0 Å². The summed E-state index contributed by atoms with van der Waals surface area (Å²) >= 11 is 7.39. The number of methoxy groups -OCH3 is 1. The molecular weight excluding hydrogens is 508 g/mol. The van der Waals surface area contributed by atoms with Crippen LogP contribution in [0, 0.1) is 0 Å². The zero-order valence-electron chi connectivity index (χ0n) is 19.5. The summed E-state index contributed by atoms with van der Waals surface area (Å²) in [7, 11) is 1.45. The molecule has 0 bridgehead atoms. The Balaban J connectivity index is 1.60. The minimum absolute atomic E-state index is 0.127. The number of carboxylic acids is 1. The highest BCUT2D eigenvalue weighted by Gasteiger charge is 2.28. The van der Waals surface area contributed by atoms with Crippen molar-refractivity contribution in [1.82, 2.24) is 9.55 Å². The Morgan fingerprint density at radius 3 is 2.50 bits per heavy atom. The quantitative estimate of drug-likeness (QED) is 0.274. The third-order valence-electron chi connectivity index (χ3n) is 5.13. The van der Waals surface area contributed by atoms with Crippen molar-refractivity contribution >= 4 is 45.1 Å². The van der Waals surface area contributed by atoms with Crippen molar-refractivity contribution in [2.24, 2.45) is 0 Å². The molecule has 1 N–H and O–H groups in total. The molecule has 2 aromatic heterocycles. The predicted molar refractivity (Wildman–Crippen MR) is 136 cm³/mol. The van der Waals surface area contributed by atoms with E-state index < -0.39 is 17.5 Å². The van der Waals surface area contributed by atoms with Gasteiger partial charge in [0.25, 0.3) is 5.56 Å². The number of aromatic nitrogens is 2. The number of halogens is 1. The number of benzene rings is 2. The minimum Gasteiger partial charge on any atom is -0.493 e. The van der Waals surface area contributed by atoms with Crippen LogP contribution in [0.5, 0.6) is 11.5 Å². The predicted octanol–water partition coefficient (Wildman–Crippen LogP) is 4.56. The van der Waals surface area contributed by atoms with E-state index in [0.29, 0.717) is 32.4 Å². The van der Waals surface area contributed by atoms with E-state index in [1.165, 1.54) is 43.2 Å². The first-order chi connectivity index (χ1) is 17.1. The maximum absolute atomic E-state index is 13.3. The fourth-order valence-electron chi connectivity index (χ4n) is 3.36. The summed E-state index contributed by atoms with van der Waals surface area (Å²) in [4.78, 5) is 41.4. The Bertz CT molecular complexity index is 1510. The van der Waals surface area contributed by atoms with Crippen LogP contribution in [0.3, 0.4) is 0 Å². The molecule has 0 aliphatic rings. The molecule has 186 valence electrons. The SMILES string of the molecule is COc1cc(-n2cnc3sc(-c4ccc(Cl)cc4)cc3c2=O)ccc1OCC(C)(C)OC(=O)C(=O)O. The van der Waals surface area contributed by atoms with E-state index in [2.05, 4.69) is 4.98 Å². The lowest BCUT2D eigenvalue weighted by Crippen LogP contribution is -2.37. The number of esters is 1. The number of aliphatic carboxylic acids is 1. The molecule has 0 saturated heterocycles. The summed E-state index contributed by atoms with van der Waals surface area (Å²) in [5, 5.41) is 9.85. The zero-order chi connectivity index (χ0) is 26.0. The van der Waals surface area contributed by atoms with Crippen LogP contribution in [0.25, 0.3) is 26.3 Å². The molecule has 4 aromatic rings. The first kappa shape index (κ1) is 25.2. The molecule has 0 unspecified atom stereocenters. The van der Waals surface area contributed by atoms with Gasteiger partial charge in [-0.05, 0) is 49.7 Å². The number of thiophene rings is 1. The smallest absolute Gasteiger partial charge is 0.417 e. The first-order valence-electron chi connectivity index (χ1n) is 10.6. The Labute approximate surface area is 214 Å². The van der Waals surface area contributed by atoms with Crippen molar-refractivity contribution in [3.05, 3.63) is 70.2 Å². The van der Waals surface area contributed by atoms with Gasteiger partial charge in [0.2, 0.25) is 0 Å². The Morgan fingerprint density at radius 2 is 1.83 bits per heavy atom. The Kier molecular flexibility index (Phi) is 7.00. The topological polar surface area (TPSA) is 117 Å². The van der Waals surface area contributed by atoms with Crippen LogP contribution in [0.1, 0.15) is 13.8 Å². The standard InChI is InChI=1S/C25H21ClN2O7S/c1-25(2,35-24(32)23(30)31)12-34-18-9-8-16(10-19(18)33-3)28-13-27-21-17(22(28)29)11-20(36-21)14-4-6-15(26)7-5-14/h4-11,13H,12H2,1-3H3,(H,30,31). The average molecular weight is 529 g/mol. The number of hydrogen-bond donors (Lipinski definition) is 1. The van der Waals surface area contributed by atoms with Crippen molar-refractivity contribution in [1.29, 1.82) is 0 Å². The van der Waals surface area contributed by atoms with Gasteiger partial charge < -0.3 is 19.3 Å². The zero-order valence-corrected chi connectivity index (χ0v) is 21.1. The van der Waals surface area contributed by atoms with Crippen LogP contribution < -0.4 is 15.0 Å². The third-order valence-corrected chi connectivity index (χ3v) is 6.47. The van der Waals surface area contributed by atoms with Crippen LogP contribution in [0.15, 0.2) is 59.7 Å². The molecule has 0 radical (unpaired) electrons. The highest BCUT2D eigenvalue weighted by Crippen LogP contribution is 2.33. The van der Waals surface area contributed by atoms with E-state index >= 15 is 0 Å². The number of hydrogen-bond acceptors (Lipinski definition) is 8. The van der Waals surface area contributed by atoms with Gasteiger partial charge in [-0.2, -0.15) is 0 Å². The van der Waals surface area contributed by atoms with E-state index in [1.807, 2.05) is 18.2 Å². The number of carbonyl (C=O) groups excluding carboxylic acids is 1.